The van der Waals surface area contributed by atoms with E-state index in [1.54, 1.807) is 12.2 Å². The molecular weight excluding hydrogens is 335 g/mol. The molecule has 3 rings (SSSR count). The molecule has 1 aromatic carbocycles. The van der Waals surface area contributed by atoms with Crippen molar-refractivity contribution < 1.29 is 23.8 Å². The molecule has 1 N–H and O–H groups in total. The summed E-state index contributed by atoms with van der Waals surface area (Å²) in [5, 5.41) is 9.98. The van der Waals surface area contributed by atoms with E-state index < -0.39 is 11.4 Å². The molecule has 1 unspecified atom stereocenters. The SMILES string of the molecule is C=CC[C@@H]1C[C@@]2(C(C)Cc3cc(O)c(OC)cc3F)OCCC2=CC1=O. The maximum Gasteiger partial charge on any atom is 0.163 e. The van der Waals surface area contributed by atoms with Crippen LogP contribution in [0.15, 0.2) is 36.4 Å². The molecule has 1 fully saturated rings. The Morgan fingerprint density at radius 1 is 1.54 bits per heavy atom. The van der Waals surface area contributed by atoms with E-state index >= 15 is 0 Å². The molecule has 0 aromatic heterocycles. The molecule has 1 aliphatic heterocycles. The van der Waals surface area contributed by atoms with E-state index in [-0.39, 0.29) is 29.1 Å². The zero-order valence-corrected chi connectivity index (χ0v) is 15.3. The number of ketones is 1. The number of ether oxygens (including phenoxy) is 2. The highest BCUT2D eigenvalue weighted by atomic mass is 19.1. The van der Waals surface area contributed by atoms with Crippen LogP contribution in [-0.4, -0.2) is 30.2 Å². The number of fused-ring (bicyclic) bond motifs is 1. The average Bonchev–Trinajstić information content (AvgIpc) is 3.02. The topological polar surface area (TPSA) is 55.8 Å². The summed E-state index contributed by atoms with van der Waals surface area (Å²) in [6.07, 6.45) is 5.81. The molecule has 2 aliphatic rings. The minimum Gasteiger partial charge on any atom is -0.504 e. The van der Waals surface area contributed by atoms with Crippen LogP contribution < -0.4 is 4.74 Å². The predicted molar refractivity (Wildman–Crippen MR) is 96.8 cm³/mol. The lowest BCUT2D eigenvalue weighted by atomic mass is 9.68. The fraction of sp³-hybridized carbons (Fsp3) is 0.476. The Labute approximate surface area is 153 Å². The van der Waals surface area contributed by atoms with Gasteiger partial charge in [0.1, 0.15) is 5.82 Å². The Hall–Kier alpha value is -2.14. The first-order chi connectivity index (χ1) is 12.4. The Morgan fingerprint density at radius 3 is 3.00 bits per heavy atom. The van der Waals surface area contributed by atoms with Crippen LogP contribution in [0, 0.1) is 17.7 Å². The number of rotatable bonds is 6. The Bertz CT molecular complexity index is 755. The molecule has 4 nitrogen and oxygen atoms in total. The van der Waals surface area contributed by atoms with Crippen LogP contribution in [0.2, 0.25) is 0 Å². The van der Waals surface area contributed by atoms with Gasteiger partial charge in [0, 0.05) is 12.0 Å². The van der Waals surface area contributed by atoms with Gasteiger partial charge >= 0.3 is 0 Å². The lowest BCUT2D eigenvalue weighted by Gasteiger charge is -2.41. The van der Waals surface area contributed by atoms with Gasteiger partial charge in [0.05, 0.1) is 19.3 Å². The predicted octanol–water partition coefficient (Wildman–Crippen LogP) is 3.97. The quantitative estimate of drug-likeness (QED) is 0.780. The third-order valence-corrected chi connectivity index (χ3v) is 5.66. The summed E-state index contributed by atoms with van der Waals surface area (Å²) in [6, 6.07) is 2.61. The highest BCUT2D eigenvalue weighted by Crippen LogP contribution is 2.47. The smallest absolute Gasteiger partial charge is 0.163 e. The molecule has 0 amide bonds. The molecule has 3 atom stereocenters. The number of allylic oxidation sites excluding steroid dienone is 2. The standard InChI is InChI=1S/C21H25FO4/c1-4-5-14-12-21(16(6-7-26-21)10-18(14)23)13(2)8-15-9-19(24)20(25-3)11-17(15)22/h4,9-11,13-14,24H,1,5-8,12H2,2-3H3/t13?,14-,21+/m1/s1. The number of hydrogen-bond acceptors (Lipinski definition) is 4. The summed E-state index contributed by atoms with van der Waals surface area (Å²) >= 11 is 0. The van der Waals surface area contributed by atoms with Crippen LogP contribution >= 0.6 is 0 Å². The van der Waals surface area contributed by atoms with Gasteiger partial charge in [0.2, 0.25) is 0 Å². The van der Waals surface area contributed by atoms with E-state index in [4.69, 9.17) is 9.47 Å². The van der Waals surface area contributed by atoms with Gasteiger partial charge in [-0.25, -0.2) is 4.39 Å². The van der Waals surface area contributed by atoms with Crippen LogP contribution in [0.25, 0.3) is 0 Å². The van der Waals surface area contributed by atoms with E-state index in [1.165, 1.54) is 19.2 Å². The molecule has 0 bridgehead atoms. The number of phenolic OH excluding ortho intramolecular Hbond substituents is 1. The minimum absolute atomic E-state index is 0.0426. The van der Waals surface area contributed by atoms with Crippen molar-refractivity contribution in [2.45, 2.75) is 38.2 Å². The van der Waals surface area contributed by atoms with Crippen molar-refractivity contribution in [1.29, 1.82) is 0 Å². The first kappa shape index (κ1) is 18.6. The van der Waals surface area contributed by atoms with Gasteiger partial charge in [-0.15, -0.1) is 6.58 Å². The molecule has 5 heteroatoms. The molecule has 1 saturated heterocycles. The zero-order chi connectivity index (χ0) is 18.9. The number of aromatic hydroxyl groups is 1. The molecule has 0 saturated carbocycles. The number of carbonyl (C=O) groups excluding carboxylic acids is 1. The number of halogens is 1. The van der Waals surface area contributed by atoms with E-state index in [1.807, 2.05) is 6.92 Å². The number of benzene rings is 1. The first-order valence-corrected chi connectivity index (χ1v) is 8.96. The molecule has 26 heavy (non-hydrogen) atoms. The van der Waals surface area contributed by atoms with E-state index in [9.17, 15) is 14.3 Å². The van der Waals surface area contributed by atoms with Crippen molar-refractivity contribution >= 4 is 5.78 Å². The fourth-order valence-electron chi connectivity index (χ4n) is 4.25. The molecule has 0 spiro atoms. The average molecular weight is 360 g/mol. The third-order valence-electron chi connectivity index (χ3n) is 5.66. The number of hydrogen-bond donors (Lipinski definition) is 1. The number of phenols is 1. The maximum atomic E-state index is 14.4. The van der Waals surface area contributed by atoms with Gasteiger partial charge in [-0.3, -0.25) is 4.79 Å². The van der Waals surface area contributed by atoms with Crippen molar-refractivity contribution in [2.24, 2.45) is 11.8 Å². The van der Waals surface area contributed by atoms with Gasteiger partial charge in [0.15, 0.2) is 17.3 Å². The number of methoxy groups -OCH3 is 1. The molecule has 1 heterocycles. The van der Waals surface area contributed by atoms with Gasteiger partial charge in [-0.1, -0.05) is 13.0 Å². The molecule has 1 aliphatic carbocycles. The van der Waals surface area contributed by atoms with E-state index in [0.29, 0.717) is 31.4 Å². The van der Waals surface area contributed by atoms with Gasteiger partial charge < -0.3 is 14.6 Å². The Kier molecular flexibility index (Phi) is 5.19. The highest BCUT2D eigenvalue weighted by molar-refractivity contribution is 5.94. The Morgan fingerprint density at radius 2 is 2.31 bits per heavy atom. The summed E-state index contributed by atoms with van der Waals surface area (Å²) in [6.45, 7) is 6.33. The second-order valence-electron chi connectivity index (χ2n) is 7.21. The van der Waals surface area contributed by atoms with Crippen LogP contribution in [0.1, 0.15) is 31.7 Å². The highest BCUT2D eigenvalue weighted by Gasteiger charge is 2.49. The maximum absolute atomic E-state index is 14.4. The summed E-state index contributed by atoms with van der Waals surface area (Å²) in [4.78, 5) is 12.3. The normalized spacial score (nSPS) is 26.2. The summed E-state index contributed by atoms with van der Waals surface area (Å²) in [5.41, 5.74) is 0.870. The summed E-state index contributed by atoms with van der Waals surface area (Å²) in [7, 11) is 1.39. The van der Waals surface area contributed by atoms with Gasteiger partial charge in [0.25, 0.3) is 0 Å². The summed E-state index contributed by atoms with van der Waals surface area (Å²) < 4.78 is 25.5. The van der Waals surface area contributed by atoms with Gasteiger partial charge in [-0.05, 0) is 54.9 Å². The van der Waals surface area contributed by atoms with E-state index in [2.05, 4.69) is 6.58 Å². The third kappa shape index (κ3) is 3.16. The second-order valence-corrected chi connectivity index (χ2v) is 7.21. The Balaban J connectivity index is 1.89. The van der Waals surface area contributed by atoms with E-state index in [0.717, 1.165) is 12.0 Å². The van der Waals surface area contributed by atoms with Crippen LogP contribution in [0.3, 0.4) is 0 Å². The van der Waals surface area contributed by atoms with Crippen molar-refractivity contribution in [3.63, 3.8) is 0 Å². The molecule has 1 aromatic rings. The molecular formula is C21H25FO4. The monoisotopic (exact) mass is 360 g/mol. The van der Waals surface area contributed by atoms with Crippen LogP contribution in [-0.2, 0) is 16.0 Å². The largest absolute Gasteiger partial charge is 0.504 e. The lowest BCUT2D eigenvalue weighted by Crippen LogP contribution is -2.44. The van der Waals surface area contributed by atoms with Crippen molar-refractivity contribution in [1.82, 2.24) is 0 Å². The van der Waals surface area contributed by atoms with Crippen LogP contribution in [0.5, 0.6) is 11.5 Å². The minimum atomic E-state index is -0.552. The zero-order valence-electron chi connectivity index (χ0n) is 15.3. The van der Waals surface area contributed by atoms with Gasteiger partial charge in [-0.2, -0.15) is 0 Å². The van der Waals surface area contributed by atoms with Crippen LogP contribution in [0.4, 0.5) is 4.39 Å². The fourth-order valence-corrected chi connectivity index (χ4v) is 4.25. The number of carbonyl (C=O) groups is 1. The molecule has 140 valence electrons. The first-order valence-electron chi connectivity index (χ1n) is 8.96. The van der Waals surface area contributed by atoms with Crippen molar-refractivity contribution in [3.05, 3.63) is 47.8 Å². The second kappa shape index (κ2) is 7.23. The lowest BCUT2D eigenvalue weighted by molar-refractivity contribution is -0.123. The van der Waals surface area contributed by atoms with Crippen molar-refractivity contribution in [3.8, 4) is 11.5 Å². The van der Waals surface area contributed by atoms with Crippen molar-refractivity contribution in [2.75, 3.05) is 13.7 Å². The molecule has 0 radical (unpaired) electrons. The summed E-state index contributed by atoms with van der Waals surface area (Å²) in [5.74, 6) is -0.448.